The fourth-order valence-electron chi connectivity index (χ4n) is 1.33. The summed E-state index contributed by atoms with van der Waals surface area (Å²) in [5.74, 6) is 0. The van der Waals surface area contributed by atoms with E-state index in [1.807, 2.05) is 0 Å². The Balaban J connectivity index is 2.20. The number of nitro groups is 1. The molecule has 0 spiro atoms. The van der Waals surface area contributed by atoms with Gasteiger partial charge in [-0.15, -0.1) is 0 Å². The van der Waals surface area contributed by atoms with Crippen LogP contribution in [0.5, 0.6) is 0 Å². The van der Waals surface area contributed by atoms with E-state index in [0.29, 0.717) is 17.1 Å². The zero-order chi connectivity index (χ0) is 13.0. The molecule has 6 nitrogen and oxygen atoms in total. The van der Waals surface area contributed by atoms with Gasteiger partial charge < -0.3 is 5.73 Å². The number of anilines is 1. The van der Waals surface area contributed by atoms with Gasteiger partial charge >= 0.3 is 0 Å². The Labute approximate surface area is 103 Å². The minimum absolute atomic E-state index is 0.0104. The molecule has 0 amide bonds. The van der Waals surface area contributed by atoms with Crippen molar-refractivity contribution in [2.45, 2.75) is 0 Å². The molecule has 0 unspecified atom stereocenters. The SMILES string of the molecule is Nc1ccc(N=Nc2cccc([N+](=O)[O-])c2)cc1. The molecule has 0 heterocycles. The Hall–Kier alpha value is -2.76. The molecular formula is C12H10N4O2. The third-order valence-electron chi connectivity index (χ3n) is 2.21. The number of azo groups is 1. The van der Waals surface area contributed by atoms with Gasteiger partial charge in [-0.2, -0.15) is 10.2 Å². The van der Waals surface area contributed by atoms with Crippen LogP contribution in [0, 0.1) is 10.1 Å². The Kier molecular flexibility index (Phi) is 3.29. The number of nitrogens with two attached hydrogens (primary N) is 1. The molecule has 0 atom stereocenters. The molecule has 0 bridgehead atoms. The minimum atomic E-state index is -0.470. The Bertz CT molecular complexity index is 593. The second kappa shape index (κ2) is 5.05. The Morgan fingerprint density at radius 3 is 2.33 bits per heavy atom. The molecule has 2 aromatic carbocycles. The summed E-state index contributed by atoms with van der Waals surface area (Å²) in [5.41, 5.74) is 7.24. The highest BCUT2D eigenvalue weighted by molar-refractivity contribution is 5.49. The predicted molar refractivity (Wildman–Crippen MR) is 68.1 cm³/mol. The fourth-order valence-corrected chi connectivity index (χ4v) is 1.33. The van der Waals surface area contributed by atoms with Crippen molar-refractivity contribution in [1.82, 2.24) is 0 Å². The van der Waals surface area contributed by atoms with Gasteiger partial charge in [-0.3, -0.25) is 10.1 Å². The van der Waals surface area contributed by atoms with Gasteiger partial charge in [0.05, 0.1) is 16.3 Å². The molecule has 0 aliphatic carbocycles. The summed E-state index contributed by atoms with van der Waals surface area (Å²) >= 11 is 0. The summed E-state index contributed by atoms with van der Waals surface area (Å²) in [6, 6.07) is 12.8. The quantitative estimate of drug-likeness (QED) is 0.385. The van der Waals surface area contributed by atoms with Gasteiger partial charge in [0.15, 0.2) is 0 Å². The molecule has 2 aromatic rings. The Morgan fingerprint density at radius 2 is 1.67 bits per heavy atom. The molecule has 0 fully saturated rings. The van der Waals surface area contributed by atoms with Gasteiger partial charge in [-0.1, -0.05) is 6.07 Å². The minimum Gasteiger partial charge on any atom is -0.399 e. The van der Waals surface area contributed by atoms with Crippen LogP contribution in [-0.4, -0.2) is 4.92 Å². The van der Waals surface area contributed by atoms with Crippen LogP contribution in [0.4, 0.5) is 22.7 Å². The first-order valence-electron chi connectivity index (χ1n) is 5.17. The van der Waals surface area contributed by atoms with E-state index in [4.69, 9.17) is 5.73 Å². The summed E-state index contributed by atoms with van der Waals surface area (Å²) in [7, 11) is 0. The van der Waals surface area contributed by atoms with E-state index >= 15 is 0 Å². The lowest BCUT2D eigenvalue weighted by Gasteiger charge is -1.95. The second-order valence-corrected chi connectivity index (χ2v) is 3.57. The van der Waals surface area contributed by atoms with Gasteiger partial charge in [0.1, 0.15) is 0 Å². The summed E-state index contributed by atoms with van der Waals surface area (Å²) in [6.07, 6.45) is 0. The molecule has 0 aromatic heterocycles. The van der Waals surface area contributed by atoms with E-state index in [1.54, 1.807) is 36.4 Å². The van der Waals surface area contributed by atoms with Crippen LogP contribution >= 0.6 is 0 Å². The van der Waals surface area contributed by atoms with Crippen molar-refractivity contribution in [3.8, 4) is 0 Å². The van der Waals surface area contributed by atoms with Crippen LogP contribution in [0.25, 0.3) is 0 Å². The van der Waals surface area contributed by atoms with Crippen molar-refractivity contribution in [2.75, 3.05) is 5.73 Å². The molecule has 6 heteroatoms. The third-order valence-corrected chi connectivity index (χ3v) is 2.21. The first-order chi connectivity index (χ1) is 8.65. The van der Waals surface area contributed by atoms with Gasteiger partial charge in [-0.25, -0.2) is 0 Å². The van der Waals surface area contributed by atoms with Crippen LogP contribution in [0.2, 0.25) is 0 Å². The zero-order valence-corrected chi connectivity index (χ0v) is 9.35. The third kappa shape index (κ3) is 2.88. The van der Waals surface area contributed by atoms with Crippen molar-refractivity contribution >= 4 is 22.7 Å². The number of hydrogen-bond donors (Lipinski definition) is 1. The molecular weight excluding hydrogens is 232 g/mol. The monoisotopic (exact) mass is 242 g/mol. The lowest BCUT2D eigenvalue weighted by Crippen LogP contribution is -1.85. The Morgan fingerprint density at radius 1 is 1.00 bits per heavy atom. The highest BCUT2D eigenvalue weighted by Crippen LogP contribution is 2.22. The first kappa shape index (κ1) is 11.7. The molecule has 90 valence electrons. The zero-order valence-electron chi connectivity index (χ0n) is 9.35. The highest BCUT2D eigenvalue weighted by Gasteiger charge is 2.04. The molecule has 0 radical (unpaired) electrons. The smallest absolute Gasteiger partial charge is 0.271 e. The van der Waals surface area contributed by atoms with E-state index in [1.165, 1.54) is 12.1 Å². The standard InChI is InChI=1S/C12H10N4O2/c13-9-4-6-10(7-5-9)14-15-11-2-1-3-12(8-11)16(17)18/h1-8H,13H2. The van der Waals surface area contributed by atoms with Gasteiger partial charge in [-0.05, 0) is 30.3 Å². The number of nitro benzene ring substituents is 1. The van der Waals surface area contributed by atoms with Crippen molar-refractivity contribution in [3.63, 3.8) is 0 Å². The van der Waals surface area contributed by atoms with Crippen molar-refractivity contribution in [1.29, 1.82) is 0 Å². The van der Waals surface area contributed by atoms with E-state index in [0.717, 1.165) is 0 Å². The van der Waals surface area contributed by atoms with Gasteiger partial charge in [0, 0.05) is 17.8 Å². The topological polar surface area (TPSA) is 93.9 Å². The highest BCUT2D eigenvalue weighted by atomic mass is 16.6. The number of rotatable bonds is 3. The molecule has 2 rings (SSSR count). The molecule has 18 heavy (non-hydrogen) atoms. The maximum Gasteiger partial charge on any atom is 0.271 e. The number of nitrogen functional groups attached to an aromatic ring is 1. The number of benzene rings is 2. The van der Waals surface area contributed by atoms with Crippen molar-refractivity contribution in [2.24, 2.45) is 10.2 Å². The van der Waals surface area contributed by atoms with Crippen LogP contribution in [0.15, 0.2) is 58.8 Å². The average Bonchev–Trinajstić information content (AvgIpc) is 2.38. The molecule has 0 saturated heterocycles. The van der Waals surface area contributed by atoms with Gasteiger partial charge in [0.25, 0.3) is 5.69 Å². The van der Waals surface area contributed by atoms with Crippen LogP contribution in [-0.2, 0) is 0 Å². The summed E-state index contributed by atoms with van der Waals surface area (Å²) < 4.78 is 0. The van der Waals surface area contributed by atoms with E-state index in [9.17, 15) is 10.1 Å². The first-order valence-corrected chi connectivity index (χ1v) is 5.17. The number of non-ortho nitro benzene ring substituents is 1. The van der Waals surface area contributed by atoms with E-state index in [-0.39, 0.29) is 5.69 Å². The van der Waals surface area contributed by atoms with Gasteiger partial charge in [0.2, 0.25) is 0 Å². The summed E-state index contributed by atoms with van der Waals surface area (Å²) in [5, 5.41) is 18.5. The van der Waals surface area contributed by atoms with Crippen LogP contribution in [0.1, 0.15) is 0 Å². The average molecular weight is 242 g/mol. The summed E-state index contributed by atoms with van der Waals surface area (Å²) in [6.45, 7) is 0. The molecule has 2 N–H and O–H groups in total. The van der Waals surface area contributed by atoms with Crippen molar-refractivity contribution in [3.05, 3.63) is 58.6 Å². The molecule has 0 aliphatic rings. The fraction of sp³-hybridized carbons (Fsp3) is 0. The largest absolute Gasteiger partial charge is 0.399 e. The lowest BCUT2D eigenvalue weighted by atomic mass is 10.3. The predicted octanol–water partition coefficient (Wildman–Crippen LogP) is 3.59. The molecule has 0 aliphatic heterocycles. The maximum atomic E-state index is 10.6. The van der Waals surface area contributed by atoms with E-state index in [2.05, 4.69) is 10.2 Å². The number of nitrogens with zero attached hydrogens (tertiary/aromatic N) is 3. The van der Waals surface area contributed by atoms with Crippen LogP contribution in [0.3, 0.4) is 0 Å². The normalized spacial score (nSPS) is 10.7. The lowest BCUT2D eigenvalue weighted by molar-refractivity contribution is -0.384. The van der Waals surface area contributed by atoms with Crippen molar-refractivity contribution < 1.29 is 4.92 Å². The molecule has 0 saturated carbocycles. The van der Waals surface area contributed by atoms with E-state index < -0.39 is 4.92 Å². The van der Waals surface area contributed by atoms with Crippen LogP contribution < -0.4 is 5.73 Å². The summed E-state index contributed by atoms with van der Waals surface area (Å²) in [4.78, 5) is 10.1. The second-order valence-electron chi connectivity index (χ2n) is 3.57. The maximum absolute atomic E-state index is 10.6. The number of hydrogen-bond acceptors (Lipinski definition) is 5.